The third-order valence-corrected chi connectivity index (χ3v) is 6.23. The average molecular weight is 447 g/mol. The van der Waals surface area contributed by atoms with Gasteiger partial charge < -0.3 is 14.8 Å². The van der Waals surface area contributed by atoms with E-state index in [0.717, 1.165) is 37.8 Å². The number of rotatable bonds is 7. The third kappa shape index (κ3) is 5.02. The fraction of sp³-hybridized carbons (Fsp3) is 0.375. The van der Waals surface area contributed by atoms with Crippen LogP contribution in [-0.4, -0.2) is 44.9 Å². The van der Waals surface area contributed by atoms with Gasteiger partial charge in [0.1, 0.15) is 12.2 Å². The summed E-state index contributed by atoms with van der Waals surface area (Å²) in [5.41, 5.74) is 0.652. The Morgan fingerprint density at radius 2 is 1.94 bits per heavy atom. The highest BCUT2D eigenvalue weighted by atomic mass is 16.6. The zero-order valence-corrected chi connectivity index (χ0v) is 18.3. The van der Waals surface area contributed by atoms with Crippen molar-refractivity contribution in [1.29, 1.82) is 0 Å². The van der Waals surface area contributed by atoms with Crippen LogP contribution in [0, 0.1) is 5.92 Å². The molecular formula is C24H26N6O3. The normalized spacial score (nSPS) is 22.2. The molecule has 1 aliphatic heterocycles. The Bertz CT molecular complexity index is 1070. The van der Waals surface area contributed by atoms with Crippen LogP contribution in [0.25, 0.3) is 0 Å². The Kier molecular flexibility index (Phi) is 6.01. The molecule has 1 spiro atoms. The highest BCUT2D eigenvalue weighted by Crippen LogP contribution is 2.40. The summed E-state index contributed by atoms with van der Waals surface area (Å²) in [4.78, 5) is 22.8. The first-order chi connectivity index (χ1) is 16.2. The molecule has 1 saturated carbocycles. The molecule has 1 amide bonds. The minimum absolute atomic E-state index is 0.340. The molecule has 2 aliphatic rings. The van der Waals surface area contributed by atoms with E-state index in [1.54, 1.807) is 35.5 Å². The summed E-state index contributed by atoms with van der Waals surface area (Å²) >= 11 is 0. The van der Waals surface area contributed by atoms with Crippen molar-refractivity contribution in [2.45, 2.75) is 37.9 Å². The van der Waals surface area contributed by atoms with Crippen LogP contribution in [0.5, 0.6) is 5.88 Å². The minimum Gasteiger partial charge on any atom is -0.473 e. The summed E-state index contributed by atoms with van der Waals surface area (Å²) in [6.45, 7) is 1.75. The van der Waals surface area contributed by atoms with Crippen molar-refractivity contribution in [3.63, 3.8) is 0 Å². The van der Waals surface area contributed by atoms with Gasteiger partial charge in [0.25, 0.3) is 0 Å². The molecule has 0 radical (unpaired) electrons. The number of ether oxygens (including phenoxy) is 2. The maximum absolute atomic E-state index is 12.4. The molecule has 3 heterocycles. The van der Waals surface area contributed by atoms with Gasteiger partial charge in [-0.15, -0.1) is 5.10 Å². The van der Waals surface area contributed by atoms with Crippen LogP contribution in [0.2, 0.25) is 0 Å². The van der Waals surface area contributed by atoms with E-state index in [4.69, 9.17) is 9.47 Å². The lowest BCUT2D eigenvalue weighted by Gasteiger charge is -2.35. The number of amides is 1. The maximum atomic E-state index is 12.4. The standard InChI is InChI=1S/C24H26N6O3/c31-23-30(20-7-4-13-27-29-20)17-24(33-23)11-8-18(9-12-24)15-26-22-25-14-10-21(28-22)32-16-19-5-2-1-3-6-19/h1-7,10,13-14,18H,8-9,11-12,15-17H2,(H,25,26,28). The van der Waals surface area contributed by atoms with Gasteiger partial charge in [-0.1, -0.05) is 30.3 Å². The van der Waals surface area contributed by atoms with Crippen molar-refractivity contribution < 1.29 is 14.3 Å². The number of carbonyl (C=O) groups is 1. The van der Waals surface area contributed by atoms with E-state index >= 15 is 0 Å². The number of carbonyl (C=O) groups excluding carboxylic acids is 1. The summed E-state index contributed by atoms with van der Waals surface area (Å²) in [7, 11) is 0. The van der Waals surface area contributed by atoms with Crippen LogP contribution >= 0.6 is 0 Å². The number of nitrogens with one attached hydrogen (secondary N) is 1. The van der Waals surface area contributed by atoms with Crippen LogP contribution < -0.4 is 15.0 Å². The second-order valence-corrected chi connectivity index (χ2v) is 8.54. The topological polar surface area (TPSA) is 102 Å². The Morgan fingerprint density at radius 1 is 1.09 bits per heavy atom. The number of nitrogens with zero attached hydrogens (tertiary/aromatic N) is 5. The molecule has 1 saturated heterocycles. The lowest BCUT2D eigenvalue weighted by Crippen LogP contribution is -2.39. The number of hydrogen-bond acceptors (Lipinski definition) is 8. The van der Waals surface area contributed by atoms with Gasteiger partial charge in [0, 0.05) is 25.0 Å². The molecule has 2 aromatic heterocycles. The van der Waals surface area contributed by atoms with Gasteiger partial charge in [0.15, 0.2) is 5.82 Å². The average Bonchev–Trinajstić information content (AvgIpc) is 3.19. The second kappa shape index (κ2) is 9.40. The summed E-state index contributed by atoms with van der Waals surface area (Å²) in [5, 5.41) is 11.2. The van der Waals surface area contributed by atoms with Crippen molar-refractivity contribution in [1.82, 2.24) is 20.2 Å². The van der Waals surface area contributed by atoms with Gasteiger partial charge in [-0.3, -0.25) is 4.90 Å². The van der Waals surface area contributed by atoms with E-state index < -0.39 is 5.60 Å². The molecule has 0 atom stereocenters. The molecule has 1 N–H and O–H groups in total. The first-order valence-corrected chi connectivity index (χ1v) is 11.2. The quantitative estimate of drug-likeness (QED) is 0.584. The largest absolute Gasteiger partial charge is 0.473 e. The molecule has 3 aromatic rings. The van der Waals surface area contributed by atoms with E-state index in [1.165, 1.54) is 0 Å². The summed E-state index contributed by atoms with van der Waals surface area (Å²) in [6, 6.07) is 15.3. The second-order valence-electron chi connectivity index (χ2n) is 8.54. The van der Waals surface area contributed by atoms with Crippen LogP contribution in [0.15, 0.2) is 60.9 Å². The Balaban J connectivity index is 1.11. The minimum atomic E-state index is -0.438. The van der Waals surface area contributed by atoms with Gasteiger partial charge in [0.2, 0.25) is 11.8 Å². The van der Waals surface area contributed by atoms with Gasteiger partial charge in [-0.05, 0) is 49.3 Å². The first-order valence-electron chi connectivity index (χ1n) is 11.2. The monoisotopic (exact) mass is 446 g/mol. The highest BCUT2D eigenvalue weighted by molar-refractivity contribution is 5.89. The fourth-order valence-corrected chi connectivity index (χ4v) is 4.38. The predicted octanol–water partition coefficient (Wildman–Crippen LogP) is 3.84. The van der Waals surface area contributed by atoms with Crippen LogP contribution in [0.3, 0.4) is 0 Å². The van der Waals surface area contributed by atoms with Gasteiger partial charge in [-0.2, -0.15) is 10.1 Å². The molecule has 9 heteroatoms. The number of aromatic nitrogens is 4. The molecule has 2 fully saturated rings. The number of hydrogen-bond donors (Lipinski definition) is 1. The molecule has 1 aromatic carbocycles. The van der Waals surface area contributed by atoms with Crippen LogP contribution in [0.4, 0.5) is 16.6 Å². The van der Waals surface area contributed by atoms with Crippen molar-refractivity contribution >= 4 is 17.9 Å². The number of anilines is 2. The first kappa shape index (κ1) is 21.1. The molecule has 0 bridgehead atoms. The van der Waals surface area contributed by atoms with Gasteiger partial charge in [0.05, 0.1) is 6.54 Å². The van der Waals surface area contributed by atoms with Crippen molar-refractivity contribution in [3.05, 3.63) is 66.5 Å². The Morgan fingerprint density at radius 3 is 2.73 bits per heavy atom. The van der Waals surface area contributed by atoms with Gasteiger partial charge >= 0.3 is 6.09 Å². The molecular weight excluding hydrogens is 420 g/mol. The lowest BCUT2D eigenvalue weighted by atomic mass is 9.78. The third-order valence-electron chi connectivity index (χ3n) is 6.23. The smallest absolute Gasteiger partial charge is 0.416 e. The van der Waals surface area contributed by atoms with Crippen molar-refractivity contribution in [3.8, 4) is 5.88 Å². The zero-order valence-electron chi connectivity index (χ0n) is 18.3. The summed E-state index contributed by atoms with van der Waals surface area (Å²) in [6.07, 6.45) is 6.51. The van der Waals surface area contributed by atoms with E-state index in [0.29, 0.717) is 36.7 Å². The van der Waals surface area contributed by atoms with Gasteiger partial charge in [-0.25, -0.2) is 9.78 Å². The molecule has 33 heavy (non-hydrogen) atoms. The van der Waals surface area contributed by atoms with Crippen molar-refractivity contribution in [2.75, 3.05) is 23.3 Å². The van der Waals surface area contributed by atoms with E-state index in [9.17, 15) is 4.79 Å². The van der Waals surface area contributed by atoms with Crippen LogP contribution in [-0.2, 0) is 11.3 Å². The zero-order chi connectivity index (χ0) is 22.5. The van der Waals surface area contributed by atoms with Crippen LogP contribution in [0.1, 0.15) is 31.2 Å². The summed E-state index contributed by atoms with van der Waals surface area (Å²) in [5.74, 6) is 2.09. The molecule has 0 unspecified atom stereocenters. The lowest BCUT2D eigenvalue weighted by molar-refractivity contribution is 0.0148. The van der Waals surface area contributed by atoms with Crippen molar-refractivity contribution in [2.24, 2.45) is 5.92 Å². The summed E-state index contributed by atoms with van der Waals surface area (Å²) < 4.78 is 11.6. The molecule has 170 valence electrons. The molecule has 1 aliphatic carbocycles. The Hall–Kier alpha value is -3.75. The molecule has 5 rings (SSSR count). The molecule has 9 nitrogen and oxygen atoms in total. The highest BCUT2D eigenvalue weighted by Gasteiger charge is 2.48. The SMILES string of the molecule is O=C1OC2(CCC(CNc3nccc(OCc4ccccc4)n3)CC2)CN1c1cccnn1. The Labute approximate surface area is 192 Å². The maximum Gasteiger partial charge on any atom is 0.416 e. The predicted molar refractivity (Wildman–Crippen MR) is 122 cm³/mol. The number of benzene rings is 1. The fourth-order valence-electron chi connectivity index (χ4n) is 4.38. The van der Waals surface area contributed by atoms with E-state index in [-0.39, 0.29) is 6.09 Å². The van der Waals surface area contributed by atoms with E-state index in [1.807, 2.05) is 30.3 Å². The van der Waals surface area contributed by atoms with E-state index in [2.05, 4.69) is 25.5 Å².